The van der Waals surface area contributed by atoms with Crippen LogP contribution in [0.5, 0.6) is 0 Å². The van der Waals surface area contributed by atoms with E-state index in [4.69, 9.17) is 4.99 Å². The third-order valence-electron chi connectivity index (χ3n) is 4.41. The van der Waals surface area contributed by atoms with Gasteiger partial charge < -0.3 is 10.6 Å². The Morgan fingerprint density at radius 2 is 2.12 bits per heavy atom. The summed E-state index contributed by atoms with van der Waals surface area (Å²) in [6.45, 7) is 8.68. The molecule has 1 unspecified atom stereocenters. The molecule has 3 rings (SSSR count). The maximum atomic E-state index is 4.73. The molecule has 0 saturated heterocycles. The zero-order valence-electron chi connectivity index (χ0n) is 15.7. The number of halogens is 1. The number of nitrogens with zero attached hydrogens (tertiary/aromatic N) is 4. The molecular formula is C19H27BrN6. The number of nitrogens with one attached hydrogen (secondary N) is 2. The lowest BCUT2D eigenvalue weighted by Crippen LogP contribution is -2.47. The first-order chi connectivity index (χ1) is 12.5. The Hall–Kier alpha value is -1.89. The van der Waals surface area contributed by atoms with E-state index in [2.05, 4.69) is 74.2 Å². The van der Waals surface area contributed by atoms with Crippen LogP contribution < -0.4 is 10.6 Å². The first kappa shape index (κ1) is 18.9. The van der Waals surface area contributed by atoms with Crippen molar-refractivity contribution in [2.24, 2.45) is 4.99 Å². The molecule has 0 radical (unpaired) electrons. The lowest BCUT2D eigenvalue weighted by Gasteiger charge is -2.25. The molecule has 0 amide bonds. The zero-order chi connectivity index (χ0) is 18.5. The third kappa shape index (κ3) is 4.84. The van der Waals surface area contributed by atoms with E-state index >= 15 is 0 Å². The normalized spacial score (nSPS) is 17.3. The van der Waals surface area contributed by atoms with Crippen LogP contribution in [0.15, 0.2) is 33.7 Å². The van der Waals surface area contributed by atoms with Gasteiger partial charge in [0, 0.05) is 29.4 Å². The van der Waals surface area contributed by atoms with Gasteiger partial charge in [0.1, 0.15) is 5.82 Å². The smallest absolute Gasteiger partial charge is 0.191 e. The number of hydrogen-bond acceptors (Lipinski definition) is 3. The molecule has 2 aromatic rings. The summed E-state index contributed by atoms with van der Waals surface area (Å²) in [6.07, 6.45) is 1.99. The first-order valence-corrected chi connectivity index (χ1v) is 10.1. The molecule has 1 aliphatic heterocycles. The van der Waals surface area contributed by atoms with E-state index in [9.17, 15) is 0 Å². The second-order valence-electron chi connectivity index (χ2n) is 6.92. The second kappa shape index (κ2) is 8.66. The molecule has 0 spiro atoms. The van der Waals surface area contributed by atoms with Crippen molar-refractivity contribution in [2.75, 3.05) is 6.54 Å². The Kier molecular flexibility index (Phi) is 6.29. The number of aromatic nitrogens is 3. The molecule has 1 aliphatic rings. The number of aliphatic imine (C=N–C) groups is 1. The van der Waals surface area contributed by atoms with Gasteiger partial charge in [0.25, 0.3) is 0 Å². The lowest BCUT2D eigenvalue weighted by molar-refractivity contribution is 0.391. The largest absolute Gasteiger partial charge is 0.357 e. The minimum atomic E-state index is 0.312. The summed E-state index contributed by atoms with van der Waals surface area (Å²) in [5, 5.41) is 11.6. The molecule has 6 nitrogen and oxygen atoms in total. The molecule has 0 bridgehead atoms. The summed E-state index contributed by atoms with van der Waals surface area (Å²) in [5.74, 6) is 3.26. The Morgan fingerprint density at radius 3 is 2.81 bits per heavy atom. The SMILES string of the molecule is CCNC(=NCc1ccc(Br)cc1)NC1CCc2nc(C(C)C)nn2C1. The molecule has 1 aromatic carbocycles. The van der Waals surface area contributed by atoms with E-state index in [0.29, 0.717) is 18.5 Å². The first-order valence-electron chi connectivity index (χ1n) is 9.28. The average Bonchev–Trinajstić information content (AvgIpc) is 3.05. The molecule has 0 fully saturated rings. The minimum Gasteiger partial charge on any atom is -0.357 e. The topological polar surface area (TPSA) is 67.1 Å². The fourth-order valence-corrected chi connectivity index (χ4v) is 3.23. The number of hydrogen-bond donors (Lipinski definition) is 2. The van der Waals surface area contributed by atoms with Crippen LogP contribution in [0.2, 0.25) is 0 Å². The molecule has 1 aromatic heterocycles. The van der Waals surface area contributed by atoms with Crippen molar-refractivity contribution >= 4 is 21.9 Å². The summed E-state index contributed by atoms with van der Waals surface area (Å²) in [4.78, 5) is 9.39. The fraction of sp³-hybridized carbons (Fsp3) is 0.526. The fourth-order valence-electron chi connectivity index (χ4n) is 2.96. The quantitative estimate of drug-likeness (QED) is 0.577. The van der Waals surface area contributed by atoms with Gasteiger partial charge in [-0.3, -0.25) is 0 Å². The van der Waals surface area contributed by atoms with E-state index in [1.165, 1.54) is 5.56 Å². The minimum absolute atomic E-state index is 0.312. The monoisotopic (exact) mass is 418 g/mol. The maximum absolute atomic E-state index is 4.73. The number of benzene rings is 1. The van der Waals surface area contributed by atoms with Crippen LogP contribution in [0.3, 0.4) is 0 Å². The van der Waals surface area contributed by atoms with Crippen LogP contribution >= 0.6 is 15.9 Å². The highest BCUT2D eigenvalue weighted by Crippen LogP contribution is 2.17. The van der Waals surface area contributed by atoms with Gasteiger partial charge in [0.15, 0.2) is 11.8 Å². The Morgan fingerprint density at radius 1 is 1.35 bits per heavy atom. The van der Waals surface area contributed by atoms with Gasteiger partial charge in [0.2, 0.25) is 0 Å². The highest BCUT2D eigenvalue weighted by Gasteiger charge is 2.23. The Balaban J connectivity index is 1.64. The van der Waals surface area contributed by atoms with Gasteiger partial charge in [-0.15, -0.1) is 0 Å². The van der Waals surface area contributed by atoms with Gasteiger partial charge in [-0.1, -0.05) is 41.9 Å². The standard InChI is InChI=1S/C19H27BrN6/c1-4-21-19(22-11-14-5-7-15(20)8-6-14)23-16-9-10-17-24-18(13(2)3)25-26(17)12-16/h5-8,13,16H,4,9-12H2,1-3H3,(H2,21,22,23). The summed E-state index contributed by atoms with van der Waals surface area (Å²) in [7, 11) is 0. The van der Waals surface area contributed by atoms with Crippen molar-refractivity contribution in [2.45, 2.75) is 58.7 Å². The molecule has 0 aliphatic carbocycles. The van der Waals surface area contributed by atoms with Gasteiger partial charge in [0.05, 0.1) is 13.1 Å². The zero-order valence-corrected chi connectivity index (χ0v) is 17.3. The van der Waals surface area contributed by atoms with Crippen LogP contribution in [0.25, 0.3) is 0 Å². The molecule has 2 heterocycles. The molecule has 2 N–H and O–H groups in total. The molecule has 26 heavy (non-hydrogen) atoms. The molecule has 7 heteroatoms. The number of guanidine groups is 1. The second-order valence-corrected chi connectivity index (χ2v) is 7.84. The Bertz CT molecular complexity index is 750. The van der Waals surface area contributed by atoms with Crippen molar-refractivity contribution in [3.63, 3.8) is 0 Å². The predicted molar refractivity (Wildman–Crippen MR) is 108 cm³/mol. The van der Waals surface area contributed by atoms with Crippen molar-refractivity contribution in [3.8, 4) is 0 Å². The average molecular weight is 419 g/mol. The highest BCUT2D eigenvalue weighted by molar-refractivity contribution is 9.10. The van der Waals surface area contributed by atoms with Crippen molar-refractivity contribution in [1.82, 2.24) is 25.4 Å². The van der Waals surface area contributed by atoms with E-state index in [1.54, 1.807) is 0 Å². The molecule has 0 saturated carbocycles. The van der Waals surface area contributed by atoms with Crippen molar-refractivity contribution in [1.29, 1.82) is 0 Å². The van der Waals surface area contributed by atoms with E-state index in [0.717, 1.165) is 48.0 Å². The van der Waals surface area contributed by atoms with Crippen molar-refractivity contribution in [3.05, 3.63) is 46.0 Å². The Labute approximate surface area is 163 Å². The van der Waals surface area contributed by atoms with Crippen LogP contribution in [0, 0.1) is 0 Å². The van der Waals surface area contributed by atoms with Crippen LogP contribution in [0.4, 0.5) is 0 Å². The van der Waals surface area contributed by atoms with Crippen LogP contribution in [-0.2, 0) is 19.5 Å². The summed E-state index contributed by atoms with van der Waals surface area (Å²) >= 11 is 3.47. The van der Waals surface area contributed by atoms with E-state index in [1.807, 2.05) is 12.1 Å². The molecule has 1 atom stereocenters. The van der Waals surface area contributed by atoms with E-state index in [-0.39, 0.29) is 0 Å². The third-order valence-corrected chi connectivity index (χ3v) is 4.94. The van der Waals surface area contributed by atoms with Gasteiger partial charge in [-0.05, 0) is 31.0 Å². The summed E-state index contributed by atoms with van der Waals surface area (Å²) < 4.78 is 3.14. The number of aryl methyl sites for hydroxylation is 1. The maximum Gasteiger partial charge on any atom is 0.191 e. The van der Waals surface area contributed by atoms with E-state index < -0.39 is 0 Å². The van der Waals surface area contributed by atoms with Gasteiger partial charge in [-0.25, -0.2) is 14.7 Å². The summed E-state index contributed by atoms with van der Waals surface area (Å²) in [5.41, 5.74) is 1.19. The molecular weight excluding hydrogens is 392 g/mol. The van der Waals surface area contributed by atoms with Gasteiger partial charge in [-0.2, -0.15) is 5.10 Å². The number of rotatable bonds is 5. The number of fused-ring (bicyclic) bond motifs is 1. The molecule has 140 valence electrons. The van der Waals surface area contributed by atoms with Crippen LogP contribution in [0.1, 0.15) is 50.3 Å². The van der Waals surface area contributed by atoms with Crippen LogP contribution in [-0.4, -0.2) is 33.3 Å². The lowest BCUT2D eigenvalue weighted by atomic mass is 10.1. The van der Waals surface area contributed by atoms with Crippen molar-refractivity contribution < 1.29 is 0 Å². The predicted octanol–water partition coefficient (Wildman–Crippen LogP) is 3.23. The highest BCUT2D eigenvalue weighted by atomic mass is 79.9. The van der Waals surface area contributed by atoms with Gasteiger partial charge >= 0.3 is 0 Å². The summed E-state index contributed by atoms with van der Waals surface area (Å²) in [6, 6.07) is 8.59.